The first-order chi connectivity index (χ1) is 15.3. The van der Waals surface area contributed by atoms with Gasteiger partial charge in [0, 0.05) is 16.9 Å². The van der Waals surface area contributed by atoms with Crippen LogP contribution in [0.15, 0.2) is 48.7 Å². The molecule has 0 aliphatic carbocycles. The van der Waals surface area contributed by atoms with E-state index in [9.17, 15) is 14.4 Å². The maximum absolute atomic E-state index is 12.6. The molecule has 0 fully saturated rings. The number of methoxy groups -OCH3 is 2. The third-order valence-electron chi connectivity index (χ3n) is 4.40. The van der Waals surface area contributed by atoms with Crippen LogP contribution >= 0.6 is 11.6 Å². The van der Waals surface area contributed by atoms with Gasteiger partial charge in [-0.3, -0.25) is 4.79 Å². The van der Waals surface area contributed by atoms with Crippen molar-refractivity contribution in [2.75, 3.05) is 19.5 Å². The lowest BCUT2D eigenvalue weighted by molar-refractivity contribution is 0.0599. The van der Waals surface area contributed by atoms with Crippen molar-refractivity contribution in [2.45, 2.75) is 13.7 Å². The topological polar surface area (TPSA) is 109 Å². The molecule has 2 aromatic carbocycles. The van der Waals surface area contributed by atoms with Crippen LogP contribution in [0.2, 0.25) is 5.02 Å². The molecule has 0 saturated carbocycles. The van der Waals surface area contributed by atoms with Gasteiger partial charge < -0.3 is 19.5 Å². The van der Waals surface area contributed by atoms with Crippen LogP contribution in [0.25, 0.3) is 0 Å². The maximum Gasteiger partial charge on any atom is 0.337 e. The number of halogens is 1. The largest absolute Gasteiger partial charge is 0.471 e. The lowest BCUT2D eigenvalue weighted by Crippen LogP contribution is -2.16. The van der Waals surface area contributed by atoms with E-state index in [-0.39, 0.29) is 29.2 Å². The lowest BCUT2D eigenvalue weighted by atomic mass is 10.1. The van der Waals surface area contributed by atoms with E-state index in [2.05, 4.69) is 10.4 Å². The minimum absolute atomic E-state index is 0.0834. The normalized spacial score (nSPS) is 10.4. The number of ether oxygens (including phenoxy) is 3. The number of carbonyl (C=O) groups is 3. The number of esters is 2. The molecule has 0 aliphatic heterocycles. The van der Waals surface area contributed by atoms with E-state index in [1.807, 2.05) is 6.92 Å². The molecule has 10 heteroatoms. The van der Waals surface area contributed by atoms with Crippen molar-refractivity contribution in [1.29, 1.82) is 0 Å². The van der Waals surface area contributed by atoms with Gasteiger partial charge in [0.25, 0.3) is 5.91 Å². The molecule has 0 spiro atoms. The van der Waals surface area contributed by atoms with Gasteiger partial charge in [0.2, 0.25) is 0 Å². The number of nitrogens with zero attached hydrogens (tertiary/aromatic N) is 2. The molecule has 3 aromatic rings. The summed E-state index contributed by atoms with van der Waals surface area (Å²) in [4.78, 5) is 36.4. The van der Waals surface area contributed by atoms with E-state index in [0.717, 1.165) is 5.56 Å². The molecule has 166 valence electrons. The number of rotatable bonds is 7. The Bertz CT molecular complexity index is 1140. The quantitative estimate of drug-likeness (QED) is 0.538. The summed E-state index contributed by atoms with van der Waals surface area (Å²) in [6.07, 6.45) is 1.59. The molecule has 1 N–H and O–H groups in total. The van der Waals surface area contributed by atoms with E-state index < -0.39 is 17.8 Å². The van der Waals surface area contributed by atoms with Gasteiger partial charge in [-0.2, -0.15) is 5.10 Å². The van der Waals surface area contributed by atoms with E-state index >= 15 is 0 Å². The Morgan fingerprint density at radius 3 is 2.25 bits per heavy atom. The van der Waals surface area contributed by atoms with Gasteiger partial charge in [-0.15, -0.1) is 0 Å². The van der Waals surface area contributed by atoms with Crippen LogP contribution in [0.4, 0.5) is 5.69 Å². The predicted octanol–water partition coefficient (Wildman–Crippen LogP) is 3.71. The number of benzene rings is 2. The van der Waals surface area contributed by atoms with E-state index in [1.54, 1.807) is 24.4 Å². The van der Waals surface area contributed by atoms with Crippen LogP contribution in [-0.2, 0) is 16.2 Å². The first kappa shape index (κ1) is 22.8. The summed E-state index contributed by atoms with van der Waals surface area (Å²) in [5.74, 6) is -1.22. The number of hydrogen-bond acceptors (Lipinski definition) is 7. The van der Waals surface area contributed by atoms with Gasteiger partial charge in [0.15, 0.2) is 12.4 Å². The molecule has 1 heterocycles. The van der Waals surface area contributed by atoms with Gasteiger partial charge in [-0.1, -0.05) is 11.6 Å². The standard InChI is InChI=1S/C22H20ClN3O6/c1-13-8-16(23)4-5-19(13)32-12-26-7-6-18(25-26)20(27)24-17-10-14(21(28)30-2)9-15(11-17)22(29)31-3/h4-11H,12H2,1-3H3,(H,24,27). The minimum atomic E-state index is -0.662. The van der Waals surface area contributed by atoms with E-state index in [0.29, 0.717) is 10.8 Å². The Morgan fingerprint density at radius 1 is 1.00 bits per heavy atom. The highest BCUT2D eigenvalue weighted by molar-refractivity contribution is 6.30. The summed E-state index contributed by atoms with van der Waals surface area (Å²) < 4.78 is 16.5. The fourth-order valence-corrected chi connectivity index (χ4v) is 3.06. The number of amides is 1. The first-order valence-corrected chi connectivity index (χ1v) is 9.74. The van der Waals surface area contributed by atoms with Crippen LogP contribution < -0.4 is 10.1 Å². The fraction of sp³-hybridized carbons (Fsp3) is 0.182. The van der Waals surface area contributed by atoms with Gasteiger partial charge in [0.1, 0.15) is 5.75 Å². The SMILES string of the molecule is COC(=O)c1cc(NC(=O)c2ccn(COc3ccc(Cl)cc3C)n2)cc(C(=O)OC)c1. The third-order valence-corrected chi connectivity index (χ3v) is 4.63. The zero-order valence-corrected chi connectivity index (χ0v) is 18.3. The van der Waals surface area contributed by atoms with Gasteiger partial charge in [-0.05, 0) is 55.0 Å². The molecule has 32 heavy (non-hydrogen) atoms. The second-order valence-corrected chi connectivity index (χ2v) is 7.10. The highest BCUT2D eigenvalue weighted by Crippen LogP contribution is 2.22. The van der Waals surface area contributed by atoms with Crippen LogP contribution in [0, 0.1) is 6.92 Å². The summed E-state index contributed by atoms with van der Waals surface area (Å²) in [6, 6.07) is 10.9. The maximum atomic E-state index is 12.6. The predicted molar refractivity (Wildman–Crippen MR) is 116 cm³/mol. The van der Waals surface area contributed by atoms with Gasteiger partial charge in [0.05, 0.1) is 25.3 Å². The van der Waals surface area contributed by atoms with Crippen LogP contribution in [-0.4, -0.2) is 41.8 Å². The van der Waals surface area contributed by atoms with Crippen molar-refractivity contribution >= 4 is 35.1 Å². The van der Waals surface area contributed by atoms with Crippen LogP contribution in [0.1, 0.15) is 36.8 Å². The summed E-state index contributed by atoms with van der Waals surface area (Å²) in [7, 11) is 2.43. The van der Waals surface area contributed by atoms with Gasteiger partial charge in [-0.25, -0.2) is 14.3 Å². The number of aromatic nitrogens is 2. The number of anilines is 1. The summed E-state index contributed by atoms with van der Waals surface area (Å²) >= 11 is 5.94. The number of aryl methyl sites for hydroxylation is 1. The fourth-order valence-electron chi connectivity index (χ4n) is 2.83. The molecule has 0 unspecified atom stereocenters. The number of carbonyl (C=O) groups excluding carboxylic acids is 3. The molecule has 3 rings (SSSR count). The molecule has 0 aliphatic rings. The summed E-state index contributed by atoms with van der Waals surface area (Å²) in [5, 5.41) is 7.41. The second kappa shape index (κ2) is 9.97. The zero-order chi connectivity index (χ0) is 23.3. The first-order valence-electron chi connectivity index (χ1n) is 9.36. The average molecular weight is 458 g/mol. The highest BCUT2D eigenvalue weighted by Gasteiger charge is 2.16. The number of nitrogens with one attached hydrogen (secondary N) is 1. The lowest BCUT2D eigenvalue weighted by Gasteiger charge is -2.10. The minimum Gasteiger partial charge on any atom is -0.471 e. The van der Waals surface area contributed by atoms with Crippen molar-refractivity contribution in [3.05, 3.63) is 76.1 Å². The molecule has 0 radical (unpaired) electrons. The molecular formula is C22H20ClN3O6. The third kappa shape index (κ3) is 5.44. The molecule has 0 saturated heterocycles. The Labute approximate surface area is 188 Å². The average Bonchev–Trinajstić information content (AvgIpc) is 3.26. The summed E-state index contributed by atoms with van der Waals surface area (Å²) in [6.45, 7) is 1.95. The monoisotopic (exact) mass is 457 g/mol. The number of hydrogen-bond donors (Lipinski definition) is 1. The molecule has 1 aromatic heterocycles. The van der Waals surface area contributed by atoms with Crippen molar-refractivity contribution in [1.82, 2.24) is 9.78 Å². The second-order valence-electron chi connectivity index (χ2n) is 6.66. The molecular weight excluding hydrogens is 438 g/mol. The van der Waals surface area contributed by atoms with E-state index in [1.165, 1.54) is 43.2 Å². The van der Waals surface area contributed by atoms with Crippen molar-refractivity contribution in [3.63, 3.8) is 0 Å². The van der Waals surface area contributed by atoms with Crippen LogP contribution in [0.3, 0.4) is 0 Å². The highest BCUT2D eigenvalue weighted by atomic mass is 35.5. The Morgan fingerprint density at radius 2 is 1.66 bits per heavy atom. The Kier molecular flexibility index (Phi) is 7.11. The zero-order valence-electron chi connectivity index (χ0n) is 17.5. The van der Waals surface area contributed by atoms with E-state index in [4.69, 9.17) is 25.8 Å². The Hall–Kier alpha value is -3.85. The summed E-state index contributed by atoms with van der Waals surface area (Å²) in [5.41, 5.74) is 1.37. The molecule has 0 atom stereocenters. The molecule has 0 bridgehead atoms. The van der Waals surface area contributed by atoms with Crippen molar-refractivity contribution in [3.8, 4) is 5.75 Å². The smallest absolute Gasteiger partial charge is 0.337 e. The van der Waals surface area contributed by atoms with Crippen molar-refractivity contribution < 1.29 is 28.6 Å². The molecule has 9 nitrogen and oxygen atoms in total. The molecule has 1 amide bonds. The van der Waals surface area contributed by atoms with Crippen LogP contribution in [0.5, 0.6) is 5.75 Å². The van der Waals surface area contributed by atoms with Gasteiger partial charge >= 0.3 is 11.9 Å². The Balaban J connectivity index is 1.73. The van der Waals surface area contributed by atoms with Crippen molar-refractivity contribution in [2.24, 2.45) is 0 Å².